The molecule has 2 N–H and O–H groups in total. The lowest BCUT2D eigenvalue weighted by Crippen LogP contribution is -3.14. The van der Waals surface area contributed by atoms with Gasteiger partial charge in [0.25, 0.3) is 0 Å². The van der Waals surface area contributed by atoms with E-state index < -0.39 is 0 Å². The van der Waals surface area contributed by atoms with Crippen molar-refractivity contribution in [2.75, 3.05) is 26.2 Å². The Morgan fingerprint density at radius 1 is 0.875 bits per heavy atom. The van der Waals surface area contributed by atoms with E-state index in [9.17, 15) is 5.11 Å². The summed E-state index contributed by atoms with van der Waals surface area (Å²) in [6, 6.07) is 0. The molecule has 0 heterocycles. The number of hydrogen-bond donors (Lipinski definition) is 2. The van der Waals surface area contributed by atoms with Crippen LogP contribution >= 0.6 is 0 Å². The molecule has 24 heavy (non-hydrogen) atoms. The molecular formula is C22H40NO+. The van der Waals surface area contributed by atoms with Gasteiger partial charge >= 0.3 is 0 Å². The summed E-state index contributed by atoms with van der Waals surface area (Å²) in [5.74, 6) is 4.38. The molecule has 138 valence electrons. The van der Waals surface area contributed by atoms with Crippen LogP contribution in [-0.4, -0.2) is 31.3 Å². The minimum Gasteiger partial charge on any atom is -0.391 e. The second kappa shape index (κ2) is 8.67. The monoisotopic (exact) mass is 334 g/mol. The van der Waals surface area contributed by atoms with Crippen LogP contribution in [0, 0.1) is 35.5 Å². The van der Waals surface area contributed by atoms with Crippen molar-refractivity contribution in [3.63, 3.8) is 0 Å². The molecule has 0 fully saturated rings. The fourth-order valence-electron chi connectivity index (χ4n) is 5.52. The van der Waals surface area contributed by atoms with Gasteiger partial charge in [-0.05, 0) is 50.4 Å². The van der Waals surface area contributed by atoms with Gasteiger partial charge < -0.3 is 10.0 Å². The van der Waals surface area contributed by atoms with Gasteiger partial charge in [-0.15, -0.1) is 0 Å². The van der Waals surface area contributed by atoms with Crippen LogP contribution in [0.1, 0.15) is 54.4 Å². The van der Waals surface area contributed by atoms with Crippen LogP contribution in [0.2, 0.25) is 0 Å². The molecule has 0 aromatic rings. The fourth-order valence-corrected chi connectivity index (χ4v) is 5.52. The Labute approximate surface area is 150 Å². The number of rotatable bonds is 6. The largest absolute Gasteiger partial charge is 0.391 e. The van der Waals surface area contributed by atoms with Gasteiger partial charge in [0.15, 0.2) is 0 Å². The summed E-state index contributed by atoms with van der Waals surface area (Å²) in [6.45, 7) is 17.8. The van der Waals surface area contributed by atoms with Gasteiger partial charge in [-0.1, -0.05) is 51.0 Å². The predicted molar refractivity (Wildman–Crippen MR) is 103 cm³/mol. The van der Waals surface area contributed by atoms with Gasteiger partial charge in [0.2, 0.25) is 0 Å². The first-order valence-corrected chi connectivity index (χ1v) is 10.1. The minimum absolute atomic E-state index is 0.310. The zero-order valence-electron chi connectivity index (χ0n) is 16.8. The normalized spacial score (nSPS) is 38.5. The van der Waals surface area contributed by atoms with Gasteiger partial charge in [-0.2, -0.15) is 0 Å². The molecule has 0 saturated carbocycles. The molecule has 2 rings (SSSR count). The number of nitrogens with one attached hydrogen (secondary N) is 1. The molecule has 0 radical (unpaired) electrons. The standard InChI is InChI=1S/C22H39NO/c1-15-9-17(3)21(18(4)10-15)13-23(7-8-24)14-22-19(5)11-16(2)12-20(22)6/h9,11,17-22,24H,7-8,10,12-14H2,1-6H3/p+1/t17-,18-,19-,20+,21-,22-/m0/s1. The zero-order valence-corrected chi connectivity index (χ0v) is 16.8. The van der Waals surface area contributed by atoms with E-state index in [-0.39, 0.29) is 0 Å². The molecule has 0 aliphatic heterocycles. The molecule has 0 bridgehead atoms. The third-order valence-electron chi connectivity index (χ3n) is 6.71. The summed E-state index contributed by atoms with van der Waals surface area (Å²) in [4.78, 5) is 1.62. The first-order chi connectivity index (χ1) is 11.3. The quantitative estimate of drug-likeness (QED) is 0.716. The molecule has 0 saturated heterocycles. The Morgan fingerprint density at radius 3 is 1.62 bits per heavy atom. The Kier molecular flexibility index (Phi) is 7.12. The molecule has 2 heteroatoms. The summed E-state index contributed by atoms with van der Waals surface area (Å²) < 4.78 is 0. The van der Waals surface area contributed by atoms with Crippen molar-refractivity contribution in [1.82, 2.24) is 0 Å². The van der Waals surface area contributed by atoms with Gasteiger partial charge in [-0.25, -0.2) is 0 Å². The Morgan fingerprint density at radius 2 is 1.29 bits per heavy atom. The van der Waals surface area contributed by atoms with Gasteiger partial charge in [0.05, 0.1) is 19.7 Å². The fraction of sp³-hybridized carbons (Fsp3) is 0.818. The Bertz CT molecular complexity index is 427. The molecule has 0 aromatic carbocycles. The molecule has 0 spiro atoms. The van der Waals surface area contributed by atoms with Crippen LogP contribution in [0.3, 0.4) is 0 Å². The van der Waals surface area contributed by atoms with Gasteiger partial charge in [-0.3, -0.25) is 0 Å². The molecule has 2 nitrogen and oxygen atoms in total. The molecule has 7 atom stereocenters. The highest BCUT2D eigenvalue weighted by Gasteiger charge is 2.34. The van der Waals surface area contributed by atoms with Crippen LogP contribution < -0.4 is 4.90 Å². The number of quaternary nitrogens is 1. The lowest BCUT2D eigenvalue weighted by atomic mass is 9.73. The number of hydrogen-bond acceptors (Lipinski definition) is 1. The van der Waals surface area contributed by atoms with Crippen LogP contribution in [-0.2, 0) is 0 Å². The maximum absolute atomic E-state index is 9.60. The number of aliphatic hydroxyl groups excluding tert-OH is 1. The van der Waals surface area contributed by atoms with Crippen molar-refractivity contribution in [2.24, 2.45) is 35.5 Å². The van der Waals surface area contributed by atoms with Crippen LogP contribution in [0.15, 0.2) is 23.3 Å². The smallest absolute Gasteiger partial charge is 0.101 e. The topological polar surface area (TPSA) is 24.7 Å². The summed E-state index contributed by atoms with van der Waals surface area (Å²) in [5.41, 5.74) is 3.12. The maximum atomic E-state index is 9.60. The van der Waals surface area contributed by atoms with Crippen LogP contribution in [0.4, 0.5) is 0 Å². The van der Waals surface area contributed by atoms with Gasteiger partial charge in [0, 0.05) is 11.8 Å². The summed E-state index contributed by atoms with van der Waals surface area (Å²) >= 11 is 0. The second-order valence-corrected chi connectivity index (χ2v) is 9.07. The number of aliphatic hydroxyl groups is 1. The first kappa shape index (κ1) is 19.7. The van der Waals surface area contributed by atoms with Crippen molar-refractivity contribution in [1.29, 1.82) is 0 Å². The van der Waals surface area contributed by atoms with E-state index in [2.05, 4.69) is 53.7 Å². The van der Waals surface area contributed by atoms with Crippen LogP contribution in [0.5, 0.6) is 0 Å². The highest BCUT2D eigenvalue weighted by molar-refractivity contribution is 5.09. The molecule has 1 unspecified atom stereocenters. The Hall–Kier alpha value is -0.600. The van der Waals surface area contributed by atoms with Crippen molar-refractivity contribution in [3.8, 4) is 0 Å². The highest BCUT2D eigenvalue weighted by Crippen LogP contribution is 2.34. The maximum Gasteiger partial charge on any atom is 0.101 e. The molecule has 0 amide bonds. The SMILES string of the molecule is CC1=C[C@H](C)[C@H](C[NH+](CCO)C[C@H]2[C@@H](C)C=C(C)C[C@@H]2C)[C@H](C)C1. The number of allylic oxidation sites excluding steroid dienone is 4. The second-order valence-electron chi connectivity index (χ2n) is 9.07. The van der Waals surface area contributed by atoms with Crippen LogP contribution in [0.25, 0.3) is 0 Å². The molecule has 2 aliphatic carbocycles. The van der Waals surface area contributed by atoms with Crippen molar-refractivity contribution < 1.29 is 10.0 Å². The van der Waals surface area contributed by atoms with E-state index in [0.717, 1.165) is 30.2 Å². The van der Waals surface area contributed by atoms with E-state index in [1.165, 1.54) is 25.9 Å². The summed E-state index contributed by atoms with van der Waals surface area (Å²) in [6.07, 6.45) is 7.47. The van der Waals surface area contributed by atoms with E-state index >= 15 is 0 Å². The zero-order chi connectivity index (χ0) is 17.9. The first-order valence-electron chi connectivity index (χ1n) is 10.1. The lowest BCUT2D eigenvalue weighted by Gasteiger charge is -2.39. The Balaban J connectivity index is 2.04. The lowest BCUT2D eigenvalue weighted by molar-refractivity contribution is -0.909. The summed E-state index contributed by atoms with van der Waals surface area (Å²) in [7, 11) is 0. The average Bonchev–Trinajstić information content (AvgIpc) is 2.46. The third-order valence-corrected chi connectivity index (χ3v) is 6.71. The predicted octanol–water partition coefficient (Wildman–Crippen LogP) is 3.34. The third kappa shape index (κ3) is 4.95. The van der Waals surface area contributed by atoms with E-state index in [0.29, 0.717) is 18.4 Å². The average molecular weight is 335 g/mol. The van der Waals surface area contributed by atoms with E-state index in [1.807, 2.05) is 0 Å². The minimum atomic E-state index is 0.310. The summed E-state index contributed by atoms with van der Waals surface area (Å²) in [5, 5.41) is 9.60. The van der Waals surface area contributed by atoms with E-state index in [1.54, 1.807) is 16.0 Å². The molecular weight excluding hydrogens is 294 g/mol. The van der Waals surface area contributed by atoms with Crippen molar-refractivity contribution in [2.45, 2.75) is 54.4 Å². The van der Waals surface area contributed by atoms with Crippen molar-refractivity contribution >= 4 is 0 Å². The molecule has 0 aromatic heterocycles. The molecule has 2 aliphatic rings. The van der Waals surface area contributed by atoms with Gasteiger partial charge in [0.1, 0.15) is 6.54 Å². The highest BCUT2D eigenvalue weighted by atomic mass is 16.3. The van der Waals surface area contributed by atoms with Crippen molar-refractivity contribution in [3.05, 3.63) is 23.3 Å². The van der Waals surface area contributed by atoms with E-state index in [4.69, 9.17) is 0 Å².